The Labute approximate surface area is 91.5 Å². The van der Waals surface area contributed by atoms with Gasteiger partial charge in [-0.05, 0) is 43.8 Å². The highest BCUT2D eigenvalue weighted by Crippen LogP contribution is 2.23. The molecular weight excluding hydrogens is 190 g/mol. The molecular formula is C12H21NS. The first-order chi connectivity index (χ1) is 6.75. The molecule has 0 aliphatic carbocycles. The van der Waals surface area contributed by atoms with Crippen LogP contribution in [0.3, 0.4) is 0 Å². The van der Waals surface area contributed by atoms with Crippen LogP contribution in [0, 0.1) is 6.92 Å². The molecule has 0 saturated heterocycles. The number of rotatable bonds is 6. The van der Waals surface area contributed by atoms with Crippen molar-refractivity contribution in [2.24, 2.45) is 0 Å². The molecule has 1 nitrogen and oxygen atoms in total. The Bertz CT molecular complexity index is 255. The van der Waals surface area contributed by atoms with Crippen LogP contribution >= 0.6 is 11.3 Å². The molecule has 1 N–H and O–H groups in total. The zero-order valence-electron chi connectivity index (χ0n) is 9.47. The molecule has 0 spiro atoms. The first-order valence-corrected chi connectivity index (χ1v) is 6.41. The molecule has 0 amide bonds. The topological polar surface area (TPSA) is 12.0 Å². The largest absolute Gasteiger partial charge is 0.309 e. The molecule has 0 aliphatic rings. The van der Waals surface area contributed by atoms with E-state index in [2.05, 4.69) is 37.5 Å². The third-order valence-corrected chi connectivity index (χ3v) is 3.73. The Morgan fingerprint density at radius 2 is 2.21 bits per heavy atom. The SMILES string of the molecule is CCCCCN[C@H](C)c1sccc1C. The summed E-state index contributed by atoms with van der Waals surface area (Å²) >= 11 is 1.86. The minimum atomic E-state index is 0.520. The molecule has 0 unspecified atom stereocenters. The second-order valence-corrected chi connectivity index (χ2v) is 4.80. The fraction of sp³-hybridized carbons (Fsp3) is 0.667. The fourth-order valence-corrected chi connectivity index (χ4v) is 2.57. The van der Waals surface area contributed by atoms with Crippen LogP contribution in [0.5, 0.6) is 0 Å². The molecule has 14 heavy (non-hydrogen) atoms. The van der Waals surface area contributed by atoms with Gasteiger partial charge in [0.2, 0.25) is 0 Å². The summed E-state index contributed by atoms with van der Waals surface area (Å²) in [6.07, 6.45) is 3.93. The lowest BCUT2D eigenvalue weighted by molar-refractivity contribution is 0.548. The predicted molar refractivity (Wildman–Crippen MR) is 65.0 cm³/mol. The molecule has 1 aromatic rings. The monoisotopic (exact) mass is 211 g/mol. The number of hydrogen-bond donors (Lipinski definition) is 1. The van der Waals surface area contributed by atoms with Gasteiger partial charge in [-0.1, -0.05) is 19.8 Å². The summed E-state index contributed by atoms with van der Waals surface area (Å²) in [7, 11) is 0. The second kappa shape index (κ2) is 6.20. The summed E-state index contributed by atoms with van der Waals surface area (Å²) in [5, 5.41) is 5.75. The van der Waals surface area contributed by atoms with Gasteiger partial charge in [-0.2, -0.15) is 0 Å². The molecule has 1 aromatic heterocycles. The third kappa shape index (κ3) is 3.43. The fourth-order valence-electron chi connectivity index (χ4n) is 1.61. The molecule has 0 radical (unpaired) electrons. The van der Waals surface area contributed by atoms with Crippen molar-refractivity contribution in [2.45, 2.75) is 46.1 Å². The standard InChI is InChI=1S/C12H21NS/c1-4-5-6-8-13-11(3)12-10(2)7-9-14-12/h7,9,11,13H,4-6,8H2,1-3H3/t11-/m1/s1. The van der Waals surface area contributed by atoms with Gasteiger partial charge in [-0.15, -0.1) is 11.3 Å². The molecule has 80 valence electrons. The second-order valence-electron chi connectivity index (χ2n) is 3.85. The van der Waals surface area contributed by atoms with E-state index in [1.165, 1.54) is 29.7 Å². The Hall–Kier alpha value is -0.340. The highest BCUT2D eigenvalue weighted by molar-refractivity contribution is 7.10. The number of aryl methyl sites for hydroxylation is 1. The lowest BCUT2D eigenvalue weighted by Gasteiger charge is -2.12. The van der Waals surface area contributed by atoms with E-state index in [-0.39, 0.29) is 0 Å². The smallest absolute Gasteiger partial charge is 0.0388 e. The maximum atomic E-state index is 3.57. The first kappa shape index (κ1) is 11.7. The molecule has 1 rings (SSSR count). The third-order valence-electron chi connectivity index (χ3n) is 2.53. The summed E-state index contributed by atoms with van der Waals surface area (Å²) in [5.41, 5.74) is 1.42. The van der Waals surface area contributed by atoms with E-state index in [1.807, 2.05) is 11.3 Å². The van der Waals surface area contributed by atoms with Crippen molar-refractivity contribution in [1.29, 1.82) is 0 Å². The summed E-state index contributed by atoms with van der Waals surface area (Å²) in [4.78, 5) is 1.49. The Morgan fingerprint density at radius 1 is 1.43 bits per heavy atom. The summed E-state index contributed by atoms with van der Waals surface area (Å²) in [5.74, 6) is 0. The van der Waals surface area contributed by atoms with Crippen molar-refractivity contribution in [3.63, 3.8) is 0 Å². The van der Waals surface area contributed by atoms with Crippen molar-refractivity contribution in [1.82, 2.24) is 5.32 Å². The van der Waals surface area contributed by atoms with E-state index in [1.54, 1.807) is 0 Å². The first-order valence-electron chi connectivity index (χ1n) is 5.53. The van der Waals surface area contributed by atoms with Crippen molar-refractivity contribution < 1.29 is 0 Å². The van der Waals surface area contributed by atoms with Crippen LogP contribution < -0.4 is 5.32 Å². The maximum absolute atomic E-state index is 3.57. The average Bonchev–Trinajstić information content (AvgIpc) is 2.59. The predicted octanol–water partition coefficient (Wildman–Crippen LogP) is 3.90. The Balaban J connectivity index is 2.28. The molecule has 0 bridgehead atoms. The molecule has 0 aliphatic heterocycles. The van der Waals surface area contributed by atoms with Gasteiger partial charge in [0.15, 0.2) is 0 Å². The van der Waals surface area contributed by atoms with E-state index >= 15 is 0 Å². The number of unbranched alkanes of at least 4 members (excludes halogenated alkanes) is 2. The maximum Gasteiger partial charge on any atom is 0.0388 e. The van der Waals surface area contributed by atoms with Gasteiger partial charge in [-0.3, -0.25) is 0 Å². The molecule has 2 heteroatoms. The molecule has 0 saturated carbocycles. The van der Waals surface area contributed by atoms with Crippen molar-refractivity contribution in [3.8, 4) is 0 Å². The minimum absolute atomic E-state index is 0.520. The summed E-state index contributed by atoms with van der Waals surface area (Å²) in [6.45, 7) is 7.83. The van der Waals surface area contributed by atoms with E-state index in [4.69, 9.17) is 0 Å². The zero-order valence-corrected chi connectivity index (χ0v) is 10.3. The van der Waals surface area contributed by atoms with E-state index in [0.717, 1.165) is 6.54 Å². The van der Waals surface area contributed by atoms with Crippen molar-refractivity contribution in [2.75, 3.05) is 6.54 Å². The Kier molecular flexibility index (Phi) is 5.20. The molecule has 1 atom stereocenters. The van der Waals surface area contributed by atoms with Crippen LogP contribution in [-0.4, -0.2) is 6.54 Å². The normalized spacial score (nSPS) is 13.1. The van der Waals surface area contributed by atoms with E-state index in [0.29, 0.717) is 6.04 Å². The van der Waals surface area contributed by atoms with Gasteiger partial charge in [0.25, 0.3) is 0 Å². The number of nitrogens with one attached hydrogen (secondary N) is 1. The van der Waals surface area contributed by atoms with Gasteiger partial charge < -0.3 is 5.32 Å². The lowest BCUT2D eigenvalue weighted by atomic mass is 10.2. The van der Waals surface area contributed by atoms with Crippen LogP contribution in [-0.2, 0) is 0 Å². The summed E-state index contributed by atoms with van der Waals surface area (Å²) < 4.78 is 0. The zero-order chi connectivity index (χ0) is 10.4. The summed E-state index contributed by atoms with van der Waals surface area (Å²) in [6, 6.07) is 2.72. The van der Waals surface area contributed by atoms with Crippen molar-refractivity contribution in [3.05, 3.63) is 21.9 Å². The molecule has 0 aromatic carbocycles. The lowest BCUT2D eigenvalue weighted by Crippen LogP contribution is -2.19. The van der Waals surface area contributed by atoms with Gasteiger partial charge in [0.1, 0.15) is 0 Å². The van der Waals surface area contributed by atoms with Gasteiger partial charge in [-0.25, -0.2) is 0 Å². The average molecular weight is 211 g/mol. The highest BCUT2D eigenvalue weighted by atomic mass is 32.1. The van der Waals surface area contributed by atoms with Gasteiger partial charge >= 0.3 is 0 Å². The Morgan fingerprint density at radius 3 is 2.79 bits per heavy atom. The van der Waals surface area contributed by atoms with Crippen LogP contribution in [0.4, 0.5) is 0 Å². The van der Waals surface area contributed by atoms with Crippen LogP contribution in [0.15, 0.2) is 11.4 Å². The highest BCUT2D eigenvalue weighted by Gasteiger charge is 2.07. The quantitative estimate of drug-likeness (QED) is 0.704. The van der Waals surface area contributed by atoms with Crippen molar-refractivity contribution >= 4 is 11.3 Å². The molecule has 0 fully saturated rings. The van der Waals surface area contributed by atoms with Gasteiger partial charge in [0.05, 0.1) is 0 Å². The van der Waals surface area contributed by atoms with E-state index < -0.39 is 0 Å². The minimum Gasteiger partial charge on any atom is -0.309 e. The molecule has 1 heterocycles. The van der Waals surface area contributed by atoms with Crippen LogP contribution in [0.2, 0.25) is 0 Å². The van der Waals surface area contributed by atoms with Crippen LogP contribution in [0.1, 0.15) is 49.6 Å². The number of hydrogen-bond acceptors (Lipinski definition) is 2. The van der Waals surface area contributed by atoms with Crippen LogP contribution in [0.25, 0.3) is 0 Å². The number of thiophene rings is 1. The van der Waals surface area contributed by atoms with E-state index in [9.17, 15) is 0 Å². The van der Waals surface area contributed by atoms with Gasteiger partial charge in [0, 0.05) is 10.9 Å².